The summed E-state index contributed by atoms with van der Waals surface area (Å²) in [4.78, 5) is 8.42. The average Bonchev–Trinajstić information content (AvgIpc) is 2.59. The van der Waals surface area contributed by atoms with Crippen LogP contribution in [0.4, 0.5) is 4.39 Å². The number of hydrogen-bond donors (Lipinski definition) is 2. The van der Waals surface area contributed by atoms with Gasteiger partial charge in [0.2, 0.25) is 0 Å². The summed E-state index contributed by atoms with van der Waals surface area (Å²) < 4.78 is 13.5. The summed E-state index contributed by atoms with van der Waals surface area (Å²) in [5.41, 5.74) is 1.71. The fourth-order valence-corrected chi connectivity index (χ4v) is 2.78. The predicted octanol–water partition coefficient (Wildman–Crippen LogP) is 3.44. The summed E-state index contributed by atoms with van der Waals surface area (Å²) in [7, 11) is 1.74. The number of thioether (sulfide) groups is 1. The van der Waals surface area contributed by atoms with E-state index in [1.165, 1.54) is 6.07 Å². The minimum Gasteiger partial charge on any atom is -0.356 e. The molecule has 2 aromatic rings. The number of pyridine rings is 1. The first-order chi connectivity index (χ1) is 11.3. The molecule has 0 unspecified atom stereocenters. The van der Waals surface area contributed by atoms with Crippen LogP contribution in [0.15, 0.2) is 53.7 Å². The largest absolute Gasteiger partial charge is 0.356 e. The molecular formula is C17H22FIN4S. The van der Waals surface area contributed by atoms with Gasteiger partial charge < -0.3 is 10.6 Å². The van der Waals surface area contributed by atoms with Crippen molar-refractivity contribution in [2.75, 3.05) is 19.3 Å². The molecule has 0 aliphatic rings. The summed E-state index contributed by atoms with van der Waals surface area (Å²) in [5, 5.41) is 6.45. The molecule has 0 aliphatic heterocycles. The number of nitrogens with one attached hydrogen (secondary N) is 2. The molecular weight excluding hydrogens is 438 g/mol. The van der Waals surface area contributed by atoms with Crippen LogP contribution >= 0.6 is 35.7 Å². The van der Waals surface area contributed by atoms with Crippen LogP contribution in [-0.2, 0) is 12.3 Å². The molecule has 1 heterocycles. The van der Waals surface area contributed by atoms with Crippen LogP contribution in [0.5, 0.6) is 0 Å². The van der Waals surface area contributed by atoms with E-state index in [0.29, 0.717) is 12.3 Å². The third-order valence-electron chi connectivity index (χ3n) is 3.14. The molecule has 24 heavy (non-hydrogen) atoms. The lowest BCUT2D eigenvalue weighted by Crippen LogP contribution is -2.38. The molecule has 1 aromatic carbocycles. The first-order valence-corrected chi connectivity index (χ1v) is 8.60. The Kier molecular flexibility index (Phi) is 10.4. The average molecular weight is 460 g/mol. The normalized spacial score (nSPS) is 10.8. The molecule has 0 bridgehead atoms. The quantitative estimate of drug-likeness (QED) is 0.288. The van der Waals surface area contributed by atoms with Gasteiger partial charge in [-0.1, -0.05) is 24.3 Å². The first-order valence-electron chi connectivity index (χ1n) is 7.45. The van der Waals surface area contributed by atoms with Gasteiger partial charge >= 0.3 is 0 Å². The van der Waals surface area contributed by atoms with Gasteiger partial charge in [0.25, 0.3) is 0 Å². The maximum Gasteiger partial charge on any atom is 0.191 e. The summed E-state index contributed by atoms with van der Waals surface area (Å²) in [6, 6.07) is 12.7. The Morgan fingerprint density at radius 3 is 2.67 bits per heavy atom. The Morgan fingerprint density at radius 1 is 1.17 bits per heavy atom. The topological polar surface area (TPSA) is 49.3 Å². The molecule has 0 saturated carbocycles. The van der Waals surface area contributed by atoms with Crippen molar-refractivity contribution in [1.82, 2.24) is 15.6 Å². The summed E-state index contributed by atoms with van der Waals surface area (Å²) >= 11 is 1.69. The number of halogens is 2. The summed E-state index contributed by atoms with van der Waals surface area (Å²) in [5.74, 6) is 2.15. The van der Waals surface area contributed by atoms with Gasteiger partial charge in [0.05, 0.1) is 12.2 Å². The Balaban J connectivity index is 0.00000288. The van der Waals surface area contributed by atoms with E-state index in [2.05, 4.69) is 20.6 Å². The van der Waals surface area contributed by atoms with Crippen LogP contribution in [0.25, 0.3) is 0 Å². The zero-order chi connectivity index (χ0) is 16.3. The molecule has 0 radical (unpaired) electrons. The van der Waals surface area contributed by atoms with Crippen molar-refractivity contribution in [2.24, 2.45) is 4.99 Å². The highest BCUT2D eigenvalue weighted by molar-refractivity contribution is 14.0. The second-order valence-electron chi connectivity index (χ2n) is 4.82. The Hall–Kier alpha value is -1.35. The number of nitrogens with zero attached hydrogens (tertiary/aromatic N) is 2. The van der Waals surface area contributed by atoms with Gasteiger partial charge in [-0.25, -0.2) is 4.39 Å². The van der Waals surface area contributed by atoms with Crippen LogP contribution in [-0.4, -0.2) is 30.3 Å². The third kappa shape index (κ3) is 7.48. The second-order valence-corrected chi connectivity index (χ2v) is 5.92. The van der Waals surface area contributed by atoms with E-state index in [1.54, 1.807) is 31.1 Å². The van der Waals surface area contributed by atoms with Gasteiger partial charge in [-0.2, -0.15) is 11.8 Å². The number of aliphatic imine (C=N–C) groups is 1. The second kappa shape index (κ2) is 12.1. The maximum absolute atomic E-state index is 13.5. The number of benzene rings is 1. The first kappa shape index (κ1) is 20.7. The van der Waals surface area contributed by atoms with Gasteiger partial charge in [0.15, 0.2) is 5.96 Å². The van der Waals surface area contributed by atoms with Gasteiger partial charge in [-0.05, 0) is 23.8 Å². The zero-order valence-electron chi connectivity index (χ0n) is 13.5. The minimum atomic E-state index is -0.138. The minimum absolute atomic E-state index is 0. The van der Waals surface area contributed by atoms with Gasteiger partial charge in [-0.15, -0.1) is 24.0 Å². The van der Waals surface area contributed by atoms with Crippen molar-refractivity contribution < 1.29 is 4.39 Å². The van der Waals surface area contributed by atoms with Crippen molar-refractivity contribution in [2.45, 2.75) is 12.3 Å². The van der Waals surface area contributed by atoms with Crippen molar-refractivity contribution >= 4 is 41.7 Å². The van der Waals surface area contributed by atoms with Crippen molar-refractivity contribution in [3.8, 4) is 0 Å². The van der Waals surface area contributed by atoms with E-state index in [1.807, 2.05) is 30.3 Å². The lowest BCUT2D eigenvalue weighted by Gasteiger charge is -2.11. The number of aromatic nitrogens is 1. The van der Waals surface area contributed by atoms with E-state index < -0.39 is 0 Å². The highest BCUT2D eigenvalue weighted by Gasteiger charge is 2.01. The molecule has 0 aliphatic carbocycles. The molecule has 2 rings (SSSR count). The van der Waals surface area contributed by atoms with Crippen molar-refractivity contribution in [3.05, 3.63) is 65.7 Å². The summed E-state index contributed by atoms with van der Waals surface area (Å²) in [6.45, 7) is 1.39. The maximum atomic E-state index is 13.5. The molecule has 7 heteroatoms. The van der Waals surface area contributed by atoms with Crippen molar-refractivity contribution in [1.29, 1.82) is 0 Å². The Bertz CT molecular complexity index is 625. The smallest absolute Gasteiger partial charge is 0.191 e. The van der Waals surface area contributed by atoms with E-state index in [0.717, 1.165) is 29.5 Å². The number of guanidine groups is 1. The van der Waals surface area contributed by atoms with E-state index in [4.69, 9.17) is 0 Å². The van der Waals surface area contributed by atoms with Crippen LogP contribution in [0.3, 0.4) is 0 Å². The molecule has 1 aromatic heterocycles. The molecule has 0 amide bonds. The lowest BCUT2D eigenvalue weighted by molar-refractivity contribution is 0.617. The van der Waals surface area contributed by atoms with Gasteiger partial charge in [-0.3, -0.25) is 9.98 Å². The third-order valence-corrected chi connectivity index (χ3v) is 4.15. The molecule has 0 fully saturated rings. The molecule has 4 nitrogen and oxygen atoms in total. The van der Waals surface area contributed by atoms with Crippen LogP contribution in [0.1, 0.15) is 11.3 Å². The monoisotopic (exact) mass is 460 g/mol. The highest BCUT2D eigenvalue weighted by Crippen LogP contribution is 2.14. The molecule has 0 saturated heterocycles. The van der Waals surface area contributed by atoms with Gasteiger partial charge in [0.1, 0.15) is 5.82 Å². The molecule has 130 valence electrons. The molecule has 0 atom stereocenters. The Labute approximate surface area is 163 Å². The van der Waals surface area contributed by atoms with Crippen molar-refractivity contribution in [3.63, 3.8) is 0 Å². The highest BCUT2D eigenvalue weighted by atomic mass is 127. The van der Waals surface area contributed by atoms with Gasteiger partial charge in [0, 0.05) is 31.3 Å². The lowest BCUT2D eigenvalue weighted by atomic mass is 10.2. The van der Waals surface area contributed by atoms with E-state index >= 15 is 0 Å². The van der Waals surface area contributed by atoms with Crippen LogP contribution in [0, 0.1) is 5.82 Å². The van der Waals surface area contributed by atoms with Crippen LogP contribution in [0.2, 0.25) is 0 Å². The zero-order valence-corrected chi connectivity index (χ0v) is 16.7. The Morgan fingerprint density at radius 2 is 1.96 bits per heavy atom. The molecule has 2 N–H and O–H groups in total. The molecule has 0 spiro atoms. The SMILES string of the molecule is CN=C(NCCSCc1ccccc1F)NCc1ccccn1.I. The fraction of sp³-hybridized carbons (Fsp3) is 0.294. The predicted molar refractivity (Wildman–Crippen MR) is 110 cm³/mol. The fourth-order valence-electron chi connectivity index (χ4n) is 1.94. The van der Waals surface area contributed by atoms with Crippen LogP contribution < -0.4 is 10.6 Å². The summed E-state index contributed by atoms with van der Waals surface area (Å²) in [6.07, 6.45) is 1.77. The van der Waals surface area contributed by atoms with E-state index in [-0.39, 0.29) is 29.8 Å². The van der Waals surface area contributed by atoms with E-state index in [9.17, 15) is 4.39 Å². The number of rotatable bonds is 7. The standard InChI is InChI=1S/C17H21FN4S.HI/c1-19-17(22-12-15-7-4-5-9-20-15)21-10-11-23-13-14-6-2-3-8-16(14)18;/h2-9H,10-13H2,1H3,(H2,19,21,22);1H. The number of hydrogen-bond acceptors (Lipinski definition) is 3.